The Morgan fingerprint density at radius 2 is 1.94 bits per heavy atom. The molecule has 0 saturated heterocycles. The van der Waals surface area contributed by atoms with Crippen molar-refractivity contribution in [1.82, 2.24) is 0 Å². The lowest BCUT2D eigenvalue weighted by molar-refractivity contribution is -0.0271. The molecule has 17 heavy (non-hydrogen) atoms. The molecule has 0 aromatic heterocycles. The van der Waals surface area contributed by atoms with Crippen molar-refractivity contribution in [3.63, 3.8) is 0 Å². The molecule has 92 valence electrons. The van der Waals surface area contributed by atoms with Crippen molar-refractivity contribution in [3.8, 4) is 5.75 Å². The fourth-order valence-electron chi connectivity index (χ4n) is 2.03. The molecule has 0 unspecified atom stereocenters. The molecule has 0 saturated carbocycles. The fourth-order valence-corrected chi connectivity index (χ4v) is 2.03. The minimum Gasteiger partial charge on any atom is -0.487 e. The summed E-state index contributed by atoms with van der Waals surface area (Å²) in [5.41, 5.74) is 1.10. The number of hydrogen-bond acceptors (Lipinski definition) is 2. The SMILES string of the molecule is CC1(C)Cc2ccc(C(=O)O)cc2OC1(C)C. The summed E-state index contributed by atoms with van der Waals surface area (Å²) in [5.74, 6) is -0.215. The van der Waals surface area contributed by atoms with Gasteiger partial charge < -0.3 is 9.84 Å². The van der Waals surface area contributed by atoms with Crippen LogP contribution in [0.3, 0.4) is 0 Å². The van der Waals surface area contributed by atoms with Gasteiger partial charge in [0.15, 0.2) is 0 Å². The second-order valence-corrected chi connectivity index (χ2v) is 5.80. The summed E-state index contributed by atoms with van der Waals surface area (Å²) in [4.78, 5) is 10.9. The van der Waals surface area contributed by atoms with Gasteiger partial charge in [0.2, 0.25) is 0 Å². The predicted octanol–water partition coefficient (Wildman–Crippen LogP) is 3.12. The summed E-state index contributed by atoms with van der Waals surface area (Å²) in [6, 6.07) is 5.11. The van der Waals surface area contributed by atoms with Crippen LogP contribution in [0.2, 0.25) is 0 Å². The van der Waals surface area contributed by atoms with Crippen molar-refractivity contribution in [3.05, 3.63) is 29.3 Å². The first kappa shape index (κ1) is 12.0. The summed E-state index contributed by atoms with van der Waals surface area (Å²) >= 11 is 0. The van der Waals surface area contributed by atoms with Gasteiger partial charge in [0, 0.05) is 5.41 Å². The number of benzene rings is 1. The van der Waals surface area contributed by atoms with Crippen LogP contribution in [0.1, 0.15) is 43.6 Å². The smallest absolute Gasteiger partial charge is 0.335 e. The van der Waals surface area contributed by atoms with Gasteiger partial charge in [-0.2, -0.15) is 0 Å². The molecule has 0 aliphatic carbocycles. The summed E-state index contributed by atoms with van der Waals surface area (Å²) in [6.45, 7) is 8.43. The Balaban J connectivity index is 2.47. The summed E-state index contributed by atoms with van der Waals surface area (Å²) in [7, 11) is 0. The molecule has 1 aromatic carbocycles. The number of fused-ring (bicyclic) bond motifs is 1. The molecule has 1 N–H and O–H groups in total. The Hall–Kier alpha value is -1.51. The van der Waals surface area contributed by atoms with Crippen molar-refractivity contribution in [2.75, 3.05) is 0 Å². The third-order valence-electron chi connectivity index (χ3n) is 3.94. The quantitative estimate of drug-likeness (QED) is 0.812. The minimum atomic E-state index is -0.918. The van der Waals surface area contributed by atoms with Gasteiger partial charge >= 0.3 is 5.97 Å². The normalized spacial score (nSPS) is 20.2. The van der Waals surface area contributed by atoms with Crippen LogP contribution in [0.15, 0.2) is 18.2 Å². The Morgan fingerprint density at radius 1 is 1.29 bits per heavy atom. The van der Waals surface area contributed by atoms with E-state index in [4.69, 9.17) is 9.84 Å². The van der Waals surface area contributed by atoms with E-state index in [9.17, 15) is 4.79 Å². The predicted molar refractivity (Wildman–Crippen MR) is 65.6 cm³/mol. The monoisotopic (exact) mass is 234 g/mol. The van der Waals surface area contributed by atoms with Gasteiger partial charge in [-0.3, -0.25) is 0 Å². The van der Waals surface area contributed by atoms with Gasteiger partial charge in [-0.05, 0) is 38.0 Å². The number of hydrogen-bond donors (Lipinski definition) is 1. The van der Waals surface area contributed by atoms with Crippen LogP contribution >= 0.6 is 0 Å². The molecule has 0 fully saturated rings. The van der Waals surface area contributed by atoms with Crippen molar-refractivity contribution < 1.29 is 14.6 Å². The maximum Gasteiger partial charge on any atom is 0.335 e. The van der Waals surface area contributed by atoms with Crippen molar-refractivity contribution in [2.24, 2.45) is 5.41 Å². The zero-order valence-corrected chi connectivity index (χ0v) is 10.7. The second-order valence-electron chi connectivity index (χ2n) is 5.80. The molecule has 3 heteroatoms. The maximum atomic E-state index is 10.9. The Labute approximate surface area is 101 Å². The molecule has 0 bridgehead atoms. The van der Waals surface area contributed by atoms with E-state index in [1.165, 1.54) is 0 Å². The lowest BCUT2D eigenvalue weighted by Crippen LogP contribution is -2.48. The third-order valence-corrected chi connectivity index (χ3v) is 3.94. The van der Waals surface area contributed by atoms with E-state index in [0.29, 0.717) is 5.75 Å². The molecule has 0 spiro atoms. The van der Waals surface area contributed by atoms with E-state index in [-0.39, 0.29) is 16.6 Å². The van der Waals surface area contributed by atoms with Crippen LogP contribution in [0, 0.1) is 5.41 Å². The molecule has 0 radical (unpaired) electrons. The van der Waals surface area contributed by atoms with Gasteiger partial charge in [0.25, 0.3) is 0 Å². The molecule has 1 aliphatic heterocycles. The number of ether oxygens (including phenoxy) is 1. The number of rotatable bonds is 1. The Bertz CT molecular complexity index is 472. The van der Waals surface area contributed by atoms with E-state index in [0.717, 1.165) is 12.0 Å². The lowest BCUT2D eigenvalue weighted by Gasteiger charge is -2.46. The summed E-state index contributed by atoms with van der Waals surface area (Å²) in [6.07, 6.45) is 0.898. The third kappa shape index (κ3) is 1.90. The van der Waals surface area contributed by atoms with Gasteiger partial charge in [0.05, 0.1) is 5.56 Å². The van der Waals surface area contributed by atoms with Crippen LogP contribution in [0.5, 0.6) is 5.75 Å². The minimum absolute atomic E-state index is 0.0325. The fraction of sp³-hybridized carbons (Fsp3) is 0.500. The molecule has 2 rings (SSSR count). The Kier molecular flexibility index (Phi) is 2.45. The van der Waals surface area contributed by atoms with Crippen molar-refractivity contribution >= 4 is 5.97 Å². The van der Waals surface area contributed by atoms with Crippen molar-refractivity contribution in [2.45, 2.75) is 39.7 Å². The van der Waals surface area contributed by atoms with Crippen LogP contribution in [-0.2, 0) is 6.42 Å². The van der Waals surface area contributed by atoms with E-state index in [1.54, 1.807) is 12.1 Å². The first-order valence-electron chi connectivity index (χ1n) is 5.78. The highest BCUT2D eigenvalue weighted by atomic mass is 16.5. The largest absolute Gasteiger partial charge is 0.487 e. The van der Waals surface area contributed by atoms with E-state index in [1.807, 2.05) is 19.9 Å². The summed E-state index contributed by atoms with van der Waals surface area (Å²) in [5, 5.41) is 8.96. The first-order chi connectivity index (χ1) is 7.73. The lowest BCUT2D eigenvalue weighted by atomic mass is 9.71. The zero-order chi connectivity index (χ0) is 12.8. The molecule has 1 aromatic rings. The molecule has 0 atom stereocenters. The topological polar surface area (TPSA) is 46.5 Å². The standard InChI is InChI=1S/C14H18O3/c1-13(2)8-10-6-5-9(12(15)16)7-11(10)17-14(13,3)4/h5-7H,8H2,1-4H3,(H,15,16). The first-order valence-corrected chi connectivity index (χ1v) is 5.78. The average molecular weight is 234 g/mol. The molecular weight excluding hydrogens is 216 g/mol. The van der Waals surface area contributed by atoms with E-state index < -0.39 is 5.97 Å². The maximum absolute atomic E-state index is 10.9. The van der Waals surface area contributed by atoms with Crippen LogP contribution in [0.25, 0.3) is 0 Å². The van der Waals surface area contributed by atoms with Crippen LogP contribution in [-0.4, -0.2) is 16.7 Å². The van der Waals surface area contributed by atoms with E-state index >= 15 is 0 Å². The molecule has 1 aliphatic rings. The highest BCUT2D eigenvalue weighted by molar-refractivity contribution is 5.88. The van der Waals surface area contributed by atoms with Crippen LogP contribution in [0.4, 0.5) is 0 Å². The highest BCUT2D eigenvalue weighted by Gasteiger charge is 2.43. The molecular formula is C14H18O3. The van der Waals surface area contributed by atoms with Gasteiger partial charge in [0.1, 0.15) is 11.4 Å². The summed E-state index contributed by atoms with van der Waals surface area (Å²) < 4.78 is 5.96. The van der Waals surface area contributed by atoms with E-state index in [2.05, 4.69) is 13.8 Å². The second kappa shape index (κ2) is 3.49. The molecule has 1 heterocycles. The number of carbonyl (C=O) groups is 1. The number of carboxylic acids is 1. The van der Waals surface area contributed by atoms with Gasteiger partial charge in [-0.25, -0.2) is 4.79 Å². The van der Waals surface area contributed by atoms with Crippen LogP contribution < -0.4 is 4.74 Å². The number of carboxylic acid groups (broad SMARTS) is 1. The van der Waals surface area contributed by atoms with Gasteiger partial charge in [-0.1, -0.05) is 19.9 Å². The molecule has 3 nitrogen and oxygen atoms in total. The Morgan fingerprint density at radius 3 is 2.53 bits per heavy atom. The number of aromatic carboxylic acids is 1. The van der Waals surface area contributed by atoms with Crippen molar-refractivity contribution in [1.29, 1.82) is 0 Å². The average Bonchev–Trinajstić information content (AvgIpc) is 2.17. The highest BCUT2D eigenvalue weighted by Crippen LogP contribution is 2.44. The van der Waals surface area contributed by atoms with Gasteiger partial charge in [-0.15, -0.1) is 0 Å². The molecule has 0 amide bonds. The zero-order valence-electron chi connectivity index (χ0n) is 10.7.